The summed E-state index contributed by atoms with van der Waals surface area (Å²) in [5.41, 5.74) is 1.38. The highest BCUT2D eigenvalue weighted by atomic mass is 32.2. The van der Waals surface area contributed by atoms with Gasteiger partial charge in [0.15, 0.2) is 0 Å². The van der Waals surface area contributed by atoms with Crippen molar-refractivity contribution in [2.75, 3.05) is 25.2 Å². The van der Waals surface area contributed by atoms with Gasteiger partial charge in [-0.1, -0.05) is 6.92 Å². The predicted molar refractivity (Wildman–Crippen MR) is 69.1 cm³/mol. The summed E-state index contributed by atoms with van der Waals surface area (Å²) in [5.74, 6) is -0.0624. The van der Waals surface area contributed by atoms with Crippen LogP contribution in [0.15, 0.2) is 18.5 Å². The number of pyridine rings is 1. The second kappa shape index (κ2) is 6.37. The van der Waals surface area contributed by atoms with Gasteiger partial charge < -0.3 is 10.6 Å². The van der Waals surface area contributed by atoms with Crippen molar-refractivity contribution >= 4 is 23.4 Å². The number of hydrogen-bond donors (Lipinski definition) is 2. The van der Waals surface area contributed by atoms with Gasteiger partial charge in [-0.05, 0) is 12.3 Å². The molecule has 1 amide bonds. The van der Waals surface area contributed by atoms with Crippen LogP contribution in [0.3, 0.4) is 0 Å². The summed E-state index contributed by atoms with van der Waals surface area (Å²) in [5, 5.41) is 6.27. The van der Waals surface area contributed by atoms with E-state index in [1.54, 1.807) is 37.3 Å². The molecule has 0 saturated heterocycles. The van der Waals surface area contributed by atoms with E-state index in [4.69, 9.17) is 0 Å². The van der Waals surface area contributed by atoms with E-state index in [9.17, 15) is 4.79 Å². The van der Waals surface area contributed by atoms with E-state index < -0.39 is 0 Å². The third-order valence-corrected chi connectivity index (χ3v) is 3.26. The highest BCUT2D eigenvalue weighted by Gasteiger charge is 2.10. The van der Waals surface area contributed by atoms with Crippen molar-refractivity contribution in [3.05, 3.63) is 24.0 Å². The summed E-state index contributed by atoms with van der Waals surface area (Å²) in [6, 6.07) is 1.71. The SMILES string of the molecule is CNc1cnccc1C(=O)NCC(C)SC. The molecular formula is C11H17N3OS. The average molecular weight is 239 g/mol. The van der Waals surface area contributed by atoms with Gasteiger partial charge in [0.25, 0.3) is 5.91 Å². The lowest BCUT2D eigenvalue weighted by molar-refractivity contribution is 0.0955. The second-order valence-electron chi connectivity index (χ2n) is 3.43. The van der Waals surface area contributed by atoms with Gasteiger partial charge in [0, 0.05) is 25.0 Å². The van der Waals surface area contributed by atoms with Gasteiger partial charge in [-0.15, -0.1) is 0 Å². The fourth-order valence-electron chi connectivity index (χ4n) is 1.21. The fraction of sp³-hybridized carbons (Fsp3) is 0.455. The van der Waals surface area contributed by atoms with E-state index in [0.29, 0.717) is 17.4 Å². The van der Waals surface area contributed by atoms with Crippen molar-refractivity contribution in [3.8, 4) is 0 Å². The Bertz CT molecular complexity index is 357. The molecule has 5 heteroatoms. The molecular weight excluding hydrogens is 222 g/mol. The molecule has 0 aliphatic carbocycles. The normalized spacial score (nSPS) is 11.9. The lowest BCUT2D eigenvalue weighted by Gasteiger charge is -2.11. The van der Waals surface area contributed by atoms with Gasteiger partial charge >= 0.3 is 0 Å². The average Bonchev–Trinajstić information content (AvgIpc) is 2.35. The number of hydrogen-bond acceptors (Lipinski definition) is 4. The van der Waals surface area contributed by atoms with E-state index in [-0.39, 0.29) is 5.91 Å². The standard InChI is InChI=1S/C11H17N3OS/c1-8(16-3)6-14-11(15)9-4-5-13-7-10(9)12-2/h4-5,7-8,12H,6H2,1-3H3,(H,14,15). The van der Waals surface area contributed by atoms with Crippen LogP contribution in [0.4, 0.5) is 5.69 Å². The van der Waals surface area contributed by atoms with Gasteiger partial charge in [0.2, 0.25) is 0 Å². The molecule has 0 aliphatic heterocycles. The van der Waals surface area contributed by atoms with Crippen LogP contribution >= 0.6 is 11.8 Å². The molecule has 4 nitrogen and oxygen atoms in total. The van der Waals surface area contributed by atoms with Crippen LogP contribution in [-0.2, 0) is 0 Å². The quantitative estimate of drug-likeness (QED) is 0.819. The molecule has 0 fully saturated rings. The Kier molecular flexibility index (Phi) is 5.11. The minimum atomic E-state index is -0.0624. The van der Waals surface area contributed by atoms with E-state index >= 15 is 0 Å². The molecule has 1 heterocycles. The first kappa shape index (κ1) is 12.8. The Morgan fingerprint density at radius 2 is 2.38 bits per heavy atom. The highest BCUT2D eigenvalue weighted by Crippen LogP contribution is 2.12. The number of carbonyl (C=O) groups excluding carboxylic acids is 1. The largest absolute Gasteiger partial charge is 0.386 e. The van der Waals surface area contributed by atoms with Crippen LogP contribution in [-0.4, -0.2) is 36.0 Å². The monoisotopic (exact) mass is 239 g/mol. The Balaban J connectivity index is 2.65. The summed E-state index contributed by atoms with van der Waals surface area (Å²) in [7, 11) is 1.78. The van der Waals surface area contributed by atoms with Crippen LogP contribution in [0.5, 0.6) is 0 Å². The number of anilines is 1. The molecule has 0 aromatic carbocycles. The van der Waals surface area contributed by atoms with Crippen molar-refractivity contribution in [1.82, 2.24) is 10.3 Å². The van der Waals surface area contributed by atoms with E-state index in [2.05, 4.69) is 22.5 Å². The summed E-state index contributed by atoms with van der Waals surface area (Å²) in [4.78, 5) is 15.8. The predicted octanol–water partition coefficient (Wildman–Crippen LogP) is 1.60. The zero-order chi connectivity index (χ0) is 12.0. The number of rotatable bonds is 5. The van der Waals surface area contributed by atoms with Crippen LogP contribution in [0, 0.1) is 0 Å². The summed E-state index contributed by atoms with van der Waals surface area (Å²) in [6.45, 7) is 2.75. The number of aromatic nitrogens is 1. The lowest BCUT2D eigenvalue weighted by atomic mass is 10.2. The Labute approximate surface area is 100 Å². The molecule has 0 spiro atoms. The lowest BCUT2D eigenvalue weighted by Crippen LogP contribution is -2.29. The van der Waals surface area contributed by atoms with Crippen molar-refractivity contribution in [2.24, 2.45) is 0 Å². The number of thioether (sulfide) groups is 1. The number of nitrogens with one attached hydrogen (secondary N) is 2. The third-order valence-electron chi connectivity index (χ3n) is 2.29. The van der Waals surface area contributed by atoms with Crippen LogP contribution < -0.4 is 10.6 Å². The van der Waals surface area contributed by atoms with Gasteiger partial charge in [-0.2, -0.15) is 11.8 Å². The zero-order valence-corrected chi connectivity index (χ0v) is 10.6. The first-order valence-corrected chi connectivity index (χ1v) is 6.40. The van der Waals surface area contributed by atoms with E-state index in [1.165, 1.54) is 0 Å². The van der Waals surface area contributed by atoms with E-state index in [1.807, 2.05) is 6.26 Å². The smallest absolute Gasteiger partial charge is 0.253 e. The van der Waals surface area contributed by atoms with Crippen molar-refractivity contribution < 1.29 is 4.79 Å². The first-order valence-electron chi connectivity index (χ1n) is 5.11. The molecule has 1 aromatic rings. The minimum Gasteiger partial charge on any atom is -0.386 e. The zero-order valence-electron chi connectivity index (χ0n) is 9.78. The van der Waals surface area contributed by atoms with Crippen molar-refractivity contribution in [3.63, 3.8) is 0 Å². The summed E-state index contributed by atoms with van der Waals surface area (Å²) >= 11 is 1.73. The maximum absolute atomic E-state index is 11.9. The Morgan fingerprint density at radius 3 is 3.00 bits per heavy atom. The molecule has 88 valence electrons. The van der Waals surface area contributed by atoms with Gasteiger partial charge in [-0.3, -0.25) is 9.78 Å². The topological polar surface area (TPSA) is 54.0 Å². The maximum atomic E-state index is 11.9. The molecule has 16 heavy (non-hydrogen) atoms. The molecule has 2 N–H and O–H groups in total. The van der Waals surface area contributed by atoms with Gasteiger partial charge in [-0.25, -0.2) is 0 Å². The molecule has 1 rings (SSSR count). The molecule has 1 aromatic heterocycles. The van der Waals surface area contributed by atoms with Gasteiger partial charge in [0.05, 0.1) is 17.4 Å². The van der Waals surface area contributed by atoms with Crippen LogP contribution in [0.1, 0.15) is 17.3 Å². The fourth-order valence-corrected chi connectivity index (χ4v) is 1.46. The maximum Gasteiger partial charge on any atom is 0.253 e. The molecule has 0 bridgehead atoms. The first-order chi connectivity index (χ1) is 7.69. The number of amides is 1. The summed E-state index contributed by atoms with van der Waals surface area (Å²) < 4.78 is 0. The third kappa shape index (κ3) is 3.41. The second-order valence-corrected chi connectivity index (χ2v) is 4.70. The highest BCUT2D eigenvalue weighted by molar-refractivity contribution is 7.99. The minimum absolute atomic E-state index is 0.0624. The number of nitrogens with zero attached hydrogens (tertiary/aromatic N) is 1. The van der Waals surface area contributed by atoms with Crippen LogP contribution in [0.2, 0.25) is 0 Å². The Morgan fingerprint density at radius 1 is 1.62 bits per heavy atom. The van der Waals surface area contributed by atoms with Crippen molar-refractivity contribution in [2.45, 2.75) is 12.2 Å². The summed E-state index contributed by atoms with van der Waals surface area (Å²) in [6.07, 6.45) is 5.29. The van der Waals surface area contributed by atoms with Crippen LogP contribution in [0.25, 0.3) is 0 Å². The molecule has 0 saturated carbocycles. The number of carbonyl (C=O) groups is 1. The van der Waals surface area contributed by atoms with Gasteiger partial charge in [0.1, 0.15) is 0 Å². The van der Waals surface area contributed by atoms with E-state index in [0.717, 1.165) is 5.69 Å². The molecule has 1 atom stereocenters. The Hall–Kier alpha value is -1.23. The molecule has 0 aliphatic rings. The molecule has 1 unspecified atom stereocenters. The molecule has 0 radical (unpaired) electrons. The van der Waals surface area contributed by atoms with Crippen molar-refractivity contribution in [1.29, 1.82) is 0 Å².